The molecule has 2 aromatic carbocycles. The number of rotatable bonds is 7. The number of fused-ring (bicyclic) bond motifs is 1. The van der Waals surface area contributed by atoms with Crippen molar-refractivity contribution in [1.82, 2.24) is 19.9 Å². The maximum atomic E-state index is 12.1. The number of carbonyl (C=O) groups is 1. The summed E-state index contributed by atoms with van der Waals surface area (Å²) in [5.41, 5.74) is 3.44. The second-order valence-corrected chi connectivity index (χ2v) is 6.47. The minimum absolute atomic E-state index is 0.00192. The first-order valence-electron chi connectivity index (χ1n) is 9.48. The van der Waals surface area contributed by atoms with Crippen molar-refractivity contribution in [3.63, 3.8) is 0 Å². The van der Waals surface area contributed by atoms with Crippen LogP contribution in [0.1, 0.15) is 34.6 Å². The van der Waals surface area contributed by atoms with E-state index in [9.17, 15) is 4.79 Å². The number of imidazole rings is 1. The van der Waals surface area contributed by atoms with Gasteiger partial charge in [0.15, 0.2) is 11.5 Å². The van der Waals surface area contributed by atoms with Crippen molar-refractivity contribution < 1.29 is 9.53 Å². The maximum Gasteiger partial charge on any atom is 0.376 e. The van der Waals surface area contributed by atoms with Crippen LogP contribution in [-0.2, 0) is 4.74 Å². The van der Waals surface area contributed by atoms with Gasteiger partial charge in [-0.1, -0.05) is 60.7 Å². The number of hydrogen-bond donors (Lipinski definition) is 2. The number of esters is 1. The van der Waals surface area contributed by atoms with E-state index >= 15 is 0 Å². The largest absolute Gasteiger partial charge is 0.460 e. The van der Waals surface area contributed by atoms with E-state index < -0.39 is 5.97 Å². The molecule has 0 atom stereocenters. The first kappa shape index (κ1) is 18.6. The molecule has 4 aromatic rings. The predicted molar refractivity (Wildman–Crippen MR) is 111 cm³/mol. The number of benzene rings is 2. The molecule has 2 aromatic heterocycles. The molecule has 0 spiro atoms. The lowest BCUT2D eigenvalue weighted by molar-refractivity contribution is 0.0512. The van der Waals surface area contributed by atoms with Gasteiger partial charge >= 0.3 is 5.97 Å². The lowest BCUT2D eigenvalue weighted by Gasteiger charge is -2.19. The van der Waals surface area contributed by atoms with Gasteiger partial charge in [0.05, 0.1) is 12.9 Å². The van der Waals surface area contributed by atoms with Crippen LogP contribution in [0.2, 0.25) is 0 Å². The van der Waals surface area contributed by atoms with Gasteiger partial charge in [-0.25, -0.2) is 19.7 Å². The van der Waals surface area contributed by atoms with E-state index in [1.54, 1.807) is 6.92 Å². The summed E-state index contributed by atoms with van der Waals surface area (Å²) in [5.74, 6) is 0.0420. The summed E-state index contributed by atoms with van der Waals surface area (Å²) < 4.78 is 5.05. The number of aromatic nitrogens is 4. The Bertz CT molecular complexity index is 1060. The minimum atomic E-state index is -0.560. The number of aromatic amines is 1. The first-order chi connectivity index (χ1) is 14.3. The van der Waals surface area contributed by atoms with Crippen molar-refractivity contribution in [3.8, 4) is 0 Å². The molecule has 0 radical (unpaired) electrons. The fourth-order valence-corrected chi connectivity index (χ4v) is 3.24. The lowest BCUT2D eigenvalue weighted by atomic mass is 9.91. The van der Waals surface area contributed by atoms with Crippen LogP contribution in [0, 0.1) is 0 Å². The quantitative estimate of drug-likeness (QED) is 0.469. The van der Waals surface area contributed by atoms with Crippen LogP contribution >= 0.6 is 0 Å². The molecule has 4 rings (SSSR count). The second-order valence-electron chi connectivity index (χ2n) is 6.47. The molecule has 7 heteroatoms. The molecule has 7 nitrogen and oxygen atoms in total. The van der Waals surface area contributed by atoms with Gasteiger partial charge in [-0.05, 0) is 18.1 Å². The third-order valence-electron chi connectivity index (χ3n) is 4.61. The van der Waals surface area contributed by atoms with Gasteiger partial charge in [-0.3, -0.25) is 0 Å². The molecular weight excluding hydrogens is 366 g/mol. The number of anilines is 1. The third-order valence-corrected chi connectivity index (χ3v) is 4.61. The zero-order chi connectivity index (χ0) is 20.1. The van der Waals surface area contributed by atoms with E-state index in [1.165, 1.54) is 17.5 Å². The standard InChI is InChI=1S/C22H21N5O2/c1-2-29-22(28)21-26-19(18-20(27-21)25-14-24-18)23-13-17(15-9-5-3-6-10-15)16-11-7-4-8-12-16/h3-12,14,17H,2,13H2,1H3,(H2,23,24,25,26,27). The van der Waals surface area contributed by atoms with Crippen LogP contribution in [0.4, 0.5) is 5.82 Å². The number of hydrogen-bond acceptors (Lipinski definition) is 6. The second kappa shape index (κ2) is 8.52. The Morgan fingerprint density at radius 3 is 2.31 bits per heavy atom. The molecule has 0 aliphatic carbocycles. The molecule has 29 heavy (non-hydrogen) atoms. The van der Waals surface area contributed by atoms with E-state index in [0.717, 1.165) is 0 Å². The Labute approximate surface area is 168 Å². The summed E-state index contributed by atoms with van der Waals surface area (Å²) in [4.78, 5) is 28.0. The minimum Gasteiger partial charge on any atom is -0.460 e. The van der Waals surface area contributed by atoms with Gasteiger partial charge in [0.25, 0.3) is 0 Å². The molecule has 0 bridgehead atoms. The van der Waals surface area contributed by atoms with E-state index in [1.807, 2.05) is 36.4 Å². The monoisotopic (exact) mass is 387 g/mol. The molecule has 0 aliphatic rings. The molecule has 2 heterocycles. The average molecular weight is 387 g/mol. The molecule has 0 aliphatic heterocycles. The first-order valence-corrected chi connectivity index (χ1v) is 9.48. The molecule has 2 N–H and O–H groups in total. The number of H-pyrrole nitrogens is 1. The highest BCUT2D eigenvalue weighted by atomic mass is 16.5. The summed E-state index contributed by atoms with van der Waals surface area (Å²) in [6, 6.07) is 20.5. The van der Waals surface area contributed by atoms with E-state index in [4.69, 9.17) is 4.74 Å². The van der Waals surface area contributed by atoms with Crippen molar-refractivity contribution in [1.29, 1.82) is 0 Å². The van der Waals surface area contributed by atoms with E-state index in [-0.39, 0.29) is 18.3 Å². The molecule has 0 amide bonds. The lowest BCUT2D eigenvalue weighted by Crippen LogP contribution is -2.17. The Balaban J connectivity index is 1.66. The SMILES string of the molecule is CCOC(=O)c1nc(NCC(c2ccccc2)c2ccccc2)c2nc[nH]c2n1. The molecular formula is C22H21N5O2. The maximum absolute atomic E-state index is 12.1. The zero-order valence-electron chi connectivity index (χ0n) is 16.0. The van der Waals surface area contributed by atoms with Gasteiger partial charge in [0.1, 0.15) is 5.52 Å². The van der Waals surface area contributed by atoms with Crippen LogP contribution in [0.25, 0.3) is 11.2 Å². The Kier molecular flexibility index (Phi) is 5.47. The predicted octanol–water partition coefficient (Wildman–Crippen LogP) is 3.77. The normalized spacial score (nSPS) is 11.0. The average Bonchev–Trinajstić information content (AvgIpc) is 3.24. The Morgan fingerprint density at radius 2 is 1.69 bits per heavy atom. The number of nitrogens with zero attached hydrogens (tertiary/aromatic N) is 3. The van der Waals surface area contributed by atoms with Crippen LogP contribution in [0.5, 0.6) is 0 Å². The van der Waals surface area contributed by atoms with Gasteiger partial charge in [-0.2, -0.15) is 0 Å². The van der Waals surface area contributed by atoms with Crippen molar-refractivity contribution in [2.75, 3.05) is 18.5 Å². The van der Waals surface area contributed by atoms with Crippen molar-refractivity contribution >= 4 is 23.0 Å². The van der Waals surface area contributed by atoms with E-state index in [0.29, 0.717) is 23.5 Å². The highest BCUT2D eigenvalue weighted by Crippen LogP contribution is 2.26. The molecule has 0 unspecified atom stereocenters. The van der Waals surface area contributed by atoms with Crippen LogP contribution in [0.3, 0.4) is 0 Å². The van der Waals surface area contributed by atoms with Crippen molar-refractivity contribution in [3.05, 3.63) is 83.9 Å². The van der Waals surface area contributed by atoms with Crippen LogP contribution in [0.15, 0.2) is 67.0 Å². The van der Waals surface area contributed by atoms with Gasteiger partial charge in [0, 0.05) is 12.5 Å². The van der Waals surface area contributed by atoms with Gasteiger partial charge in [0.2, 0.25) is 5.82 Å². The van der Waals surface area contributed by atoms with Gasteiger partial charge < -0.3 is 15.0 Å². The summed E-state index contributed by atoms with van der Waals surface area (Å²) in [6.07, 6.45) is 1.53. The zero-order valence-corrected chi connectivity index (χ0v) is 16.0. The summed E-state index contributed by atoms with van der Waals surface area (Å²) in [5, 5.41) is 3.37. The highest BCUT2D eigenvalue weighted by molar-refractivity contribution is 5.91. The van der Waals surface area contributed by atoms with Crippen molar-refractivity contribution in [2.45, 2.75) is 12.8 Å². The summed E-state index contributed by atoms with van der Waals surface area (Å²) in [7, 11) is 0. The Morgan fingerprint density at radius 1 is 1.03 bits per heavy atom. The number of ether oxygens (including phenoxy) is 1. The van der Waals surface area contributed by atoms with Gasteiger partial charge in [-0.15, -0.1) is 0 Å². The fourth-order valence-electron chi connectivity index (χ4n) is 3.24. The summed E-state index contributed by atoms with van der Waals surface area (Å²) >= 11 is 0. The van der Waals surface area contributed by atoms with Crippen LogP contribution < -0.4 is 5.32 Å². The van der Waals surface area contributed by atoms with Crippen LogP contribution in [-0.4, -0.2) is 39.1 Å². The molecule has 0 saturated heterocycles. The topological polar surface area (TPSA) is 92.8 Å². The number of carbonyl (C=O) groups excluding carboxylic acids is 1. The molecule has 0 saturated carbocycles. The van der Waals surface area contributed by atoms with E-state index in [2.05, 4.69) is 49.5 Å². The van der Waals surface area contributed by atoms with Crippen molar-refractivity contribution in [2.24, 2.45) is 0 Å². The Hall–Kier alpha value is -3.74. The molecule has 0 fully saturated rings. The fraction of sp³-hybridized carbons (Fsp3) is 0.182. The molecule has 146 valence electrons. The number of nitrogens with one attached hydrogen (secondary N) is 2. The third kappa shape index (κ3) is 4.08. The highest BCUT2D eigenvalue weighted by Gasteiger charge is 2.19. The summed E-state index contributed by atoms with van der Waals surface area (Å²) in [6.45, 7) is 2.58. The smallest absolute Gasteiger partial charge is 0.376 e.